The van der Waals surface area contributed by atoms with Gasteiger partial charge in [-0.05, 0) is 31.2 Å². The van der Waals surface area contributed by atoms with Gasteiger partial charge in [-0.1, -0.05) is 18.2 Å². The number of nitrogens with zero attached hydrogens (tertiary/aromatic N) is 1. The number of anilines is 1. The van der Waals surface area contributed by atoms with E-state index < -0.39 is 5.97 Å². The molecule has 3 N–H and O–H groups in total. The molecule has 5 heteroatoms. The molecule has 0 fully saturated rings. The van der Waals surface area contributed by atoms with Crippen molar-refractivity contribution < 1.29 is 20.1 Å². The molecule has 0 bridgehead atoms. The van der Waals surface area contributed by atoms with Gasteiger partial charge in [-0.15, -0.1) is 0 Å². The average Bonchev–Trinajstić information content (AvgIpc) is 2.45. The molecule has 0 radical (unpaired) electrons. The van der Waals surface area contributed by atoms with Crippen LogP contribution >= 0.6 is 0 Å². The van der Waals surface area contributed by atoms with Crippen LogP contribution in [0.15, 0.2) is 48.5 Å². The average molecular weight is 287 g/mol. The molecule has 1 unspecified atom stereocenters. The summed E-state index contributed by atoms with van der Waals surface area (Å²) in [5, 5.41) is 28.4. The number of aliphatic carboxylic acids is 1. The highest BCUT2D eigenvalue weighted by Crippen LogP contribution is 2.33. The van der Waals surface area contributed by atoms with Gasteiger partial charge in [0.05, 0.1) is 6.04 Å². The van der Waals surface area contributed by atoms with Crippen LogP contribution in [0.25, 0.3) is 0 Å². The second kappa shape index (κ2) is 6.17. The first-order valence-corrected chi connectivity index (χ1v) is 6.54. The zero-order valence-corrected chi connectivity index (χ0v) is 11.6. The van der Waals surface area contributed by atoms with Gasteiger partial charge in [0.1, 0.15) is 18.0 Å². The topological polar surface area (TPSA) is 81.0 Å². The Kier molecular flexibility index (Phi) is 4.33. The minimum absolute atomic E-state index is 0.0343. The molecule has 2 aromatic rings. The minimum atomic E-state index is -0.955. The van der Waals surface area contributed by atoms with Crippen molar-refractivity contribution in [2.45, 2.75) is 13.0 Å². The van der Waals surface area contributed by atoms with E-state index in [9.17, 15) is 15.0 Å². The third-order valence-corrected chi connectivity index (χ3v) is 3.33. The molecule has 0 amide bonds. The van der Waals surface area contributed by atoms with E-state index in [1.54, 1.807) is 11.0 Å². The summed E-state index contributed by atoms with van der Waals surface area (Å²) >= 11 is 0. The van der Waals surface area contributed by atoms with Crippen molar-refractivity contribution in [3.8, 4) is 11.5 Å². The van der Waals surface area contributed by atoms with Crippen LogP contribution < -0.4 is 4.90 Å². The van der Waals surface area contributed by atoms with Crippen molar-refractivity contribution in [1.29, 1.82) is 0 Å². The molecule has 0 aliphatic rings. The fraction of sp³-hybridized carbons (Fsp3) is 0.188. The van der Waals surface area contributed by atoms with Crippen LogP contribution in [0.3, 0.4) is 0 Å². The molecule has 0 spiro atoms. The van der Waals surface area contributed by atoms with E-state index in [4.69, 9.17) is 5.11 Å². The largest absolute Gasteiger partial charge is 0.508 e. The number of aromatic hydroxyl groups is 2. The number of phenolic OH excluding ortho intramolecular Hbond substituents is 2. The van der Waals surface area contributed by atoms with Crippen molar-refractivity contribution in [3.05, 3.63) is 54.1 Å². The Balaban J connectivity index is 2.38. The van der Waals surface area contributed by atoms with Gasteiger partial charge in [-0.3, -0.25) is 4.79 Å². The molecule has 5 nitrogen and oxygen atoms in total. The van der Waals surface area contributed by atoms with Gasteiger partial charge in [0.25, 0.3) is 0 Å². The molecule has 0 heterocycles. The van der Waals surface area contributed by atoms with Crippen molar-refractivity contribution in [2.75, 3.05) is 11.4 Å². The highest BCUT2D eigenvalue weighted by atomic mass is 16.4. The molecule has 2 aromatic carbocycles. The molecule has 0 aliphatic carbocycles. The lowest BCUT2D eigenvalue weighted by molar-refractivity contribution is -0.135. The number of carboxylic acids is 1. The SMILES string of the molecule is CC(c1ccc(O)cc1O)N(CC(=O)O)c1ccccc1. The zero-order valence-electron chi connectivity index (χ0n) is 11.6. The second-order valence-electron chi connectivity index (χ2n) is 4.78. The summed E-state index contributed by atoms with van der Waals surface area (Å²) in [6, 6.07) is 13.1. The van der Waals surface area contributed by atoms with Gasteiger partial charge in [0.15, 0.2) is 0 Å². The van der Waals surface area contributed by atoms with Crippen molar-refractivity contribution in [2.24, 2.45) is 0 Å². The summed E-state index contributed by atoms with van der Waals surface area (Å²) in [5.41, 5.74) is 1.30. The molecular formula is C16H17NO4. The van der Waals surface area contributed by atoms with Crippen molar-refractivity contribution in [3.63, 3.8) is 0 Å². The lowest BCUT2D eigenvalue weighted by Crippen LogP contribution is -2.32. The van der Waals surface area contributed by atoms with Crippen LogP contribution in [-0.2, 0) is 4.79 Å². The van der Waals surface area contributed by atoms with Gasteiger partial charge in [-0.2, -0.15) is 0 Å². The Morgan fingerprint density at radius 3 is 2.38 bits per heavy atom. The highest BCUT2D eigenvalue weighted by Gasteiger charge is 2.21. The Hall–Kier alpha value is -2.69. The predicted octanol–water partition coefficient (Wildman–Crippen LogP) is 2.75. The van der Waals surface area contributed by atoms with Gasteiger partial charge in [0, 0.05) is 17.3 Å². The molecule has 2 rings (SSSR count). The number of para-hydroxylation sites is 1. The van der Waals surface area contributed by atoms with Crippen molar-refractivity contribution in [1.82, 2.24) is 0 Å². The quantitative estimate of drug-likeness (QED) is 0.788. The fourth-order valence-corrected chi connectivity index (χ4v) is 2.27. The lowest BCUT2D eigenvalue weighted by Gasteiger charge is -2.30. The number of phenols is 2. The maximum Gasteiger partial charge on any atom is 0.323 e. The molecule has 110 valence electrons. The Morgan fingerprint density at radius 2 is 1.81 bits per heavy atom. The van der Waals surface area contributed by atoms with E-state index >= 15 is 0 Å². The molecule has 0 saturated heterocycles. The van der Waals surface area contributed by atoms with Crippen LogP contribution in [0.5, 0.6) is 11.5 Å². The first kappa shape index (κ1) is 14.7. The van der Waals surface area contributed by atoms with E-state index in [2.05, 4.69) is 0 Å². The normalized spacial score (nSPS) is 11.9. The fourth-order valence-electron chi connectivity index (χ4n) is 2.27. The third kappa shape index (κ3) is 3.45. The molecule has 21 heavy (non-hydrogen) atoms. The summed E-state index contributed by atoms with van der Waals surface area (Å²) in [7, 11) is 0. The number of rotatable bonds is 5. The van der Waals surface area contributed by atoms with Gasteiger partial charge < -0.3 is 20.2 Å². The number of hydrogen-bond acceptors (Lipinski definition) is 4. The van der Waals surface area contributed by atoms with Gasteiger partial charge >= 0.3 is 5.97 Å². The molecule has 0 aliphatic heterocycles. The Morgan fingerprint density at radius 1 is 1.14 bits per heavy atom. The van der Waals surface area contributed by atoms with Crippen molar-refractivity contribution >= 4 is 11.7 Å². The molecule has 0 saturated carbocycles. The first-order valence-electron chi connectivity index (χ1n) is 6.54. The summed E-state index contributed by atoms with van der Waals surface area (Å²) in [6.45, 7) is 1.62. The summed E-state index contributed by atoms with van der Waals surface area (Å²) in [4.78, 5) is 12.8. The van der Waals surface area contributed by atoms with E-state index in [-0.39, 0.29) is 24.1 Å². The summed E-state index contributed by atoms with van der Waals surface area (Å²) < 4.78 is 0. The van der Waals surface area contributed by atoms with E-state index in [1.165, 1.54) is 12.1 Å². The van der Waals surface area contributed by atoms with Crippen LogP contribution in [0.4, 0.5) is 5.69 Å². The first-order chi connectivity index (χ1) is 9.99. The minimum Gasteiger partial charge on any atom is -0.508 e. The second-order valence-corrected chi connectivity index (χ2v) is 4.78. The highest BCUT2D eigenvalue weighted by molar-refractivity contribution is 5.74. The summed E-state index contributed by atoms with van der Waals surface area (Å²) in [5.74, 6) is -1.05. The van der Waals surface area contributed by atoms with Gasteiger partial charge in [0.2, 0.25) is 0 Å². The van der Waals surface area contributed by atoms with Crippen LogP contribution in [0.2, 0.25) is 0 Å². The standard InChI is InChI=1S/C16H17NO4/c1-11(14-8-7-13(18)9-15(14)19)17(10-16(20)21)12-5-3-2-4-6-12/h2-9,11,18-19H,10H2,1H3,(H,20,21). The number of carboxylic acid groups (broad SMARTS) is 1. The maximum atomic E-state index is 11.1. The van der Waals surface area contributed by atoms with Crippen LogP contribution in [0.1, 0.15) is 18.5 Å². The van der Waals surface area contributed by atoms with E-state index in [1.807, 2.05) is 37.3 Å². The number of hydrogen-bond donors (Lipinski definition) is 3. The Labute approximate surface area is 122 Å². The number of carbonyl (C=O) groups is 1. The lowest BCUT2D eigenvalue weighted by atomic mass is 10.0. The molecule has 1 atom stereocenters. The predicted molar refractivity (Wildman–Crippen MR) is 79.6 cm³/mol. The van der Waals surface area contributed by atoms with E-state index in [0.29, 0.717) is 5.56 Å². The van der Waals surface area contributed by atoms with Gasteiger partial charge in [-0.25, -0.2) is 0 Å². The van der Waals surface area contributed by atoms with Crippen LogP contribution in [0, 0.1) is 0 Å². The Bertz CT molecular complexity index is 627. The monoisotopic (exact) mass is 287 g/mol. The smallest absolute Gasteiger partial charge is 0.323 e. The van der Waals surface area contributed by atoms with E-state index in [0.717, 1.165) is 5.69 Å². The molecule has 0 aromatic heterocycles. The maximum absolute atomic E-state index is 11.1. The zero-order chi connectivity index (χ0) is 15.4. The third-order valence-electron chi connectivity index (χ3n) is 3.33. The number of benzene rings is 2. The summed E-state index contributed by atoms with van der Waals surface area (Å²) in [6.07, 6.45) is 0. The molecular weight excluding hydrogens is 270 g/mol. The van der Waals surface area contributed by atoms with Crippen LogP contribution in [-0.4, -0.2) is 27.8 Å².